The van der Waals surface area contributed by atoms with Crippen LogP contribution in [0.4, 0.5) is 28.8 Å². The van der Waals surface area contributed by atoms with Crippen LogP contribution < -0.4 is 25.6 Å². The van der Waals surface area contributed by atoms with Crippen LogP contribution in [0.1, 0.15) is 25.3 Å². The molecule has 2 aliphatic rings. The Balaban J connectivity index is 1.38. The number of nitrogens with zero attached hydrogens (tertiary/aromatic N) is 6. The second-order valence-corrected chi connectivity index (χ2v) is 11.8. The molecule has 9 heteroatoms. The van der Waals surface area contributed by atoms with Crippen LogP contribution in [0.25, 0.3) is 22.2 Å². The number of benzene rings is 2. The average Bonchev–Trinajstić information content (AvgIpc) is 3.54. The summed E-state index contributed by atoms with van der Waals surface area (Å²) in [6, 6.07) is 12.7. The molecule has 1 atom stereocenters. The zero-order chi connectivity index (χ0) is 28.7. The number of para-hydroxylation sites is 1. The monoisotopic (exact) mass is 554 g/mol. The molecule has 2 aromatic carbocycles. The molecule has 0 amide bonds. The number of nitrogens with one attached hydrogen (secondary N) is 1. The van der Waals surface area contributed by atoms with Gasteiger partial charge < -0.3 is 35.1 Å². The van der Waals surface area contributed by atoms with E-state index in [-0.39, 0.29) is 0 Å². The zero-order valence-electron chi connectivity index (χ0n) is 24.9. The largest absolute Gasteiger partial charge is 0.494 e. The topological polar surface area (TPSA) is 87.7 Å². The minimum atomic E-state index is 0.515. The predicted molar refractivity (Wildman–Crippen MR) is 170 cm³/mol. The number of methoxy groups -OCH3 is 1. The van der Waals surface area contributed by atoms with Crippen molar-refractivity contribution in [2.24, 2.45) is 5.92 Å². The smallest absolute Gasteiger partial charge is 0.227 e. The second kappa shape index (κ2) is 11.1. The highest BCUT2D eigenvalue weighted by Gasteiger charge is 2.30. The SMILES string of the molecule is COc1cc(N(C)CCN(C)C)c(N)cc1Nc1nccc(-c2c(N3CCC(C)C3)n3c4c(cccc24)CCC3)n1. The second-order valence-electron chi connectivity index (χ2n) is 11.8. The van der Waals surface area contributed by atoms with Crippen LogP contribution in [0.3, 0.4) is 0 Å². The van der Waals surface area contributed by atoms with E-state index < -0.39 is 0 Å². The molecule has 216 valence electrons. The first-order valence-corrected chi connectivity index (χ1v) is 14.7. The summed E-state index contributed by atoms with van der Waals surface area (Å²) in [6.45, 7) is 7.31. The number of ether oxygens (including phenoxy) is 1. The molecular weight excluding hydrogens is 512 g/mol. The van der Waals surface area contributed by atoms with Gasteiger partial charge in [0, 0.05) is 57.4 Å². The van der Waals surface area contributed by atoms with Gasteiger partial charge in [-0.1, -0.05) is 25.1 Å². The molecular formula is C32H42N8O. The predicted octanol–water partition coefficient (Wildman–Crippen LogP) is 5.22. The van der Waals surface area contributed by atoms with Gasteiger partial charge in [-0.3, -0.25) is 0 Å². The fourth-order valence-electron chi connectivity index (χ4n) is 6.36. The molecule has 4 heterocycles. The van der Waals surface area contributed by atoms with E-state index in [2.05, 4.69) is 68.8 Å². The standard InChI is InChI=1S/C32H42N8O/c1-21-12-15-39(20-21)31-29(23-10-6-8-22-9-7-14-40(31)30(22)23)25-11-13-34-32(35-25)36-26-18-24(33)27(19-28(26)41-5)38(4)17-16-37(2)3/h6,8,10-11,13,18-19,21H,7,9,12,14-17,20,33H2,1-5H3,(H,34,35,36). The lowest BCUT2D eigenvalue weighted by Gasteiger charge is -2.25. The highest BCUT2D eigenvalue weighted by Crippen LogP contribution is 2.45. The first-order valence-electron chi connectivity index (χ1n) is 14.7. The summed E-state index contributed by atoms with van der Waals surface area (Å²) in [5.41, 5.74) is 13.8. The normalized spacial score (nSPS) is 16.5. The van der Waals surface area contributed by atoms with E-state index in [1.54, 1.807) is 7.11 Å². The van der Waals surface area contributed by atoms with Gasteiger partial charge >= 0.3 is 0 Å². The van der Waals surface area contributed by atoms with Gasteiger partial charge in [0.25, 0.3) is 0 Å². The van der Waals surface area contributed by atoms with Crippen LogP contribution >= 0.6 is 0 Å². The minimum Gasteiger partial charge on any atom is -0.494 e. The van der Waals surface area contributed by atoms with Gasteiger partial charge in [0.15, 0.2) is 0 Å². The first kappa shape index (κ1) is 27.2. The highest BCUT2D eigenvalue weighted by atomic mass is 16.5. The summed E-state index contributed by atoms with van der Waals surface area (Å²) in [7, 11) is 7.86. The van der Waals surface area contributed by atoms with Gasteiger partial charge in [-0.15, -0.1) is 0 Å². The van der Waals surface area contributed by atoms with Crippen LogP contribution in [0, 0.1) is 5.92 Å². The number of anilines is 5. The Bertz CT molecular complexity index is 1560. The van der Waals surface area contributed by atoms with Crippen LogP contribution in [0.2, 0.25) is 0 Å². The van der Waals surface area contributed by atoms with Crippen molar-refractivity contribution >= 4 is 39.7 Å². The molecule has 1 unspecified atom stereocenters. The Hall–Kier alpha value is -3.98. The van der Waals surface area contributed by atoms with Crippen LogP contribution in [-0.4, -0.2) is 73.9 Å². The third-order valence-corrected chi connectivity index (χ3v) is 8.49. The molecule has 0 saturated carbocycles. The molecule has 41 heavy (non-hydrogen) atoms. The number of rotatable bonds is 9. The number of hydrogen-bond donors (Lipinski definition) is 2. The van der Waals surface area contributed by atoms with Crippen LogP contribution in [0.15, 0.2) is 42.6 Å². The summed E-state index contributed by atoms with van der Waals surface area (Å²) >= 11 is 0. The quantitative estimate of drug-likeness (QED) is 0.272. The molecule has 0 radical (unpaired) electrons. The van der Waals surface area contributed by atoms with E-state index in [0.29, 0.717) is 23.3 Å². The molecule has 3 N–H and O–H groups in total. The average molecular weight is 555 g/mol. The molecule has 9 nitrogen and oxygen atoms in total. The van der Waals surface area contributed by atoms with Crippen LogP contribution in [-0.2, 0) is 13.0 Å². The molecule has 0 bridgehead atoms. The fraction of sp³-hybridized carbons (Fsp3) is 0.438. The molecule has 0 spiro atoms. The number of likely N-dealkylation sites (N-methyl/N-ethyl adjacent to an activating group) is 2. The molecule has 4 aromatic rings. The van der Waals surface area contributed by atoms with E-state index in [0.717, 1.165) is 62.6 Å². The Morgan fingerprint density at radius 1 is 1.12 bits per heavy atom. The zero-order valence-corrected chi connectivity index (χ0v) is 24.9. The van der Waals surface area contributed by atoms with E-state index >= 15 is 0 Å². The molecule has 1 fully saturated rings. The third kappa shape index (κ3) is 5.14. The molecule has 1 saturated heterocycles. The van der Waals surface area contributed by atoms with Gasteiger partial charge in [-0.2, -0.15) is 0 Å². The van der Waals surface area contributed by atoms with Gasteiger partial charge in [0.2, 0.25) is 5.95 Å². The van der Waals surface area contributed by atoms with Crippen molar-refractivity contribution in [2.75, 3.05) is 75.3 Å². The Morgan fingerprint density at radius 3 is 2.73 bits per heavy atom. The Kier molecular flexibility index (Phi) is 7.38. The number of nitrogen functional groups attached to an aromatic ring is 1. The molecule has 0 aliphatic carbocycles. The van der Waals surface area contributed by atoms with E-state index in [9.17, 15) is 0 Å². The van der Waals surface area contributed by atoms with Crippen LogP contribution in [0.5, 0.6) is 5.75 Å². The van der Waals surface area contributed by atoms with Gasteiger partial charge in [-0.25, -0.2) is 9.97 Å². The maximum absolute atomic E-state index is 6.53. The number of aromatic nitrogens is 3. The summed E-state index contributed by atoms with van der Waals surface area (Å²) in [4.78, 5) is 16.5. The van der Waals surface area contributed by atoms with Crippen molar-refractivity contribution in [3.8, 4) is 17.0 Å². The lowest BCUT2D eigenvalue weighted by molar-refractivity contribution is 0.413. The Labute approximate surface area is 242 Å². The lowest BCUT2D eigenvalue weighted by atomic mass is 10.0. The minimum absolute atomic E-state index is 0.515. The van der Waals surface area contributed by atoms with E-state index in [4.69, 9.17) is 15.5 Å². The Morgan fingerprint density at radius 2 is 1.98 bits per heavy atom. The summed E-state index contributed by atoms with van der Waals surface area (Å²) in [5, 5.41) is 4.68. The molecule has 6 rings (SSSR count). The van der Waals surface area contributed by atoms with Gasteiger partial charge in [-0.05, 0) is 57.0 Å². The maximum Gasteiger partial charge on any atom is 0.227 e. The summed E-state index contributed by atoms with van der Waals surface area (Å²) in [5.74, 6) is 3.19. The third-order valence-electron chi connectivity index (χ3n) is 8.49. The van der Waals surface area contributed by atoms with Crippen molar-refractivity contribution in [2.45, 2.75) is 32.7 Å². The molecule has 2 aromatic heterocycles. The van der Waals surface area contributed by atoms with E-state index in [1.165, 1.54) is 34.3 Å². The maximum atomic E-state index is 6.53. The molecule has 2 aliphatic heterocycles. The highest BCUT2D eigenvalue weighted by molar-refractivity contribution is 6.04. The summed E-state index contributed by atoms with van der Waals surface area (Å²) in [6.07, 6.45) is 5.34. The van der Waals surface area contributed by atoms with E-state index in [1.807, 2.05) is 31.4 Å². The van der Waals surface area contributed by atoms with Crippen molar-refractivity contribution in [3.05, 3.63) is 48.2 Å². The van der Waals surface area contributed by atoms with Gasteiger partial charge in [0.05, 0.1) is 40.9 Å². The van der Waals surface area contributed by atoms with Gasteiger partial charge in [0.1, 0.15) is 11.6 Å². The number of nitrogens with two attached hydrogens (primary N) is 1. The first-order chi connectivity index (χ1) is 19.8. The lowest BCUT2D eigenvalue weighted by Crippen LogP contribution is -2.29. The van der Waals surface area contributed by atoms with Crippen molar-refractivity contribution in [3.63, 3.8) is 0 Å². The van der Waals surface area contributed by atoms with Crippen molar-refractivity contribution in [1.29, 1.82) is 0 Å². The fourth-order valence-corrected chi connectivity index (χ4v) is 6.36. The number of hydrogen-bond acceptors (Lipinski definition) is 8. The van der Waals surface area contributed by atoms with Crippen molar-refractivity contribution < 1.29 is 4.74 Å². The summed E-state index contributed by atoms with van der Waals surface area (Å²) < 4.78 is 8.32. The number of aryl methyl sites for hydroxylation is 2. The van der Waals surface area contributed by atoms with Crippen molar-refractivity contribution in [1.82, 2.24) is 19.4 Å².